The van der Waals surface area contributed by atoms with Crippen molar-refractivity contribution in [3.05, 3.63) is 0 Å². The van der Waals surface area contributed by atoms with Gasteiger partial charge in [-0.05, 0) is 43.4 Å². The molecule has 3 aliphatic rings. The highest BCUT2D eigenvalue weighted by Gasteiger charge is 2.38. The Labute approximate surface area is 121 Å². The van der Waals surface area contributed by atoms with Gasteiger partial charge in [-0.1, -0.05) is 19.8 Å². The van der Waals surface area contributed by atoms with Crippen LogP contribution in [0.3, 0.4) is 0 Å². The number of piperidine rings is 1. The first-order valence-corrected chi connectivity index (χ1v) is 8.37. The molecule has 3 fully saturated rings. The minimum absolute atomic E-state index is 0.144. The maximum absolute atomic E-state index is 12.4. The number of rotatable bonds is 6. The molecule has 1 heterocycles. The van der Waals surface area contributed by atoms with E-state index in [-0.39, 0.29) is 12.6 Å². The second-order valence-electron chi connectivity index (χ2n) is 7.35. The Morgan fingerprint density at radius 2 is 1.90 bits per heavy atom. The van der Waals surface area contributed by atoms with E-state index in [0.717, 1.165) is 30.7 Å². The van der Waals surface area contributed by atoms with Gasteiger partial charge in [-0.25, -0.2) is 8.78 Å². The predicted molar refractivity (Wildman–Crippen MR) is 77.0 cm³/mol. The van der Waals surface area contributed by atoms with E-state index in [4.69, 9.17) is 0 Å². The van der Waals surface area contributed by atoms with E-state index in [2.05, 4.69) is 17.1 Å². The molecule has 0 amide bonds. The third-order valence-electron chi connectivity index (χ3n) is 5.53. The van der Waals surface area contributed by atoms with Crippen LogP contribution in [0.4, 0.5) is 8.78 Å². The Morgan fingerprint density at radius 1 is 1.10 bits per heavy atom. The van der Waals surface area contributed by atoms with Crippen molar-refractivity contribution in [3.8, 4) is 0 Å². The lowest BCUT2D eigenvalue weighted by molar-refractivity contribution is 0.0169. The van der Waals surface area contributed by atoms with Crippen LogP contribution in [-0.4, -0.2) is 43.0 Å². The lowest BCUT2D eigenvalue weighted by Gasteiger charge is -2.48. The van der Waals surface area contributed by atoms with Crippen molar-refractivity contribution >= 4 is 0 Å². The molecular weight excluding hydrogens is 258 g/mol. The topological polar surface area (TPSA) is 15.3 Å². The van der Waals surface area contributed by atoms with Crippen molar-refractivity contribution in [1.29, 1.82) is 0 Å². The standard InChI is InChI=1S/C16H28F2N2/c1-11-2-5-15(11)20-9-13(6-12-3-4-12)7-14(10-20)19-8-16(17)18/h11-16,19H,2-10H2,1H3. The largest absolute Gasteiger partial charge is 0.307 e. The van der Waals surface area contributed by atoms with Crippen LogP contribution < -0.4 is 5.32 Å². The summed E-state index contributed by atoms with van der Waals surface area (Å²) in [5.41, 5.74) is 0. The van der Waals surface area contributed by atoms with Crippen molar-refractivity contribution in [1.82, 2.24) is 10.2 Å². The van der Waals surface area contributed by atoms with Gasteiger partial charge >= 0.3 is 0 Å². The average molecular weight is 286 g/mol. The van der Waals surface area contributed by atoms with Crippen LogP contribution in [-0.2, 0) is 0 Å². The highest BCUT2D eigenvalue weighted by Crippen LogP contribution is 2.40. The summed E-state index contributed by atoms with van der Waals surface area (Å²) in [4.78, 5) is 2.61. The monoisotopic (exact) mass is 286 g/mol. The molecule has 116 valence electrons. The van der Waals surface area contributed by atoms with Gasteiger partial charge in [0.05, 0.1) is 6.54 Å². The summed E-state index contributed by atoms with van der Waals surface area (Å²) >= 11 is 0. The van der Waals surface area contributed by atoms with Gasteiger partial charge in [0, 0.05) is 25.2 Å². The normalized spacial score (nSPS) is 39.0. The van der Waals surface area contributed by atoms with Crippen molar-refractivity contribution in [2.45, 2.75) is 64.0 Å². The zero-order chi connectivity index (χ0) is 14.1. The summed E-state index contributed by atoms with van der Waals surface area (Å²) in [6, 6.07) is 0.988. The number of nitrogens with zero attached hydrogens (tertiary/aromatic N) is 1. The minimum Gasteiger partial charge on any atom is -0.307 e. The molecule has 0 aromatic rings. The molecule has 1 N–H and O–H groups in total. The van der Waals surface area contributed by atoms with E-state index < -0.39 is 6.43 Å². The summed E-state index contributed by atoms with van der Waals surface area (Å²) in [7, 11) is 0. The Balaban J connectivity index is 1.55. The maximum Gasteiger partial charge on any atom is 0.250 e. The lowest BCUT2D eigenvalue weighted by atomic mass is 9.77. The van der Waals surface area contributed by atoms with E-state index >= 15 is 0 Å². The fourth-order valence-electron chi connectivity index (χ4n) is 4.10. The first kappa shape index (κ1) is 14.7. The summed E-state index contributed by atoms with van der Waals surface area (Å²) in [6.07, 6.45) is 5.62. The Bertz CT molecular complexity index is 320. The molecule has 0 radical (unpaired) electrons. The molecule has 20 heavy (non-hydrogen) atoms. The molecule has 3 rings (SSSR count). The van der Waals surface area contributed by atoms with Crippen molar-refractivity contribution in [2.24, 2.45) is 17.8 Å². The van der Waals surface area contributed by atoms with Crippen molar-refractivity contribution in [3.63, 3.8) is 0 Å². The van der Waals surface area contributed by atoms with Crippen LogP contribution in [0.2, 0.25) is 0 Å². The number of likely N-dealkylation sites (tertiary alicyclic amines) is 1. The van der Waals surface area contributed by atoms with Gasteiger partial charge in [0.25, 0.3) is 6.43 Å². The number of alkyl halides is 2. The Hall–Kier alpha value is -0.220. The molecule has 0 spiro atoms. The molecule has 2 aliphatic carbocycles. The van der Waals surface area contributed by atoms with Gasteiger partial charge in [0.1, 0.15) is 0 Å². The van der Waals surface area contributed by atoms with Crippen LogP contribution in [0.15, 0.2) is 0 Å². The van der Waals surface area contributed by atoms with Crippen LogP contribution >= 0.6 is 0 Å². The molecule has 1 saturated heterocycles. The SMILES string of the molecule is CC1CCC1N1CC(CC2CC2)CC(NCC(F)F)C1. The number of halogens is 2. The number of hydrogen-bond acceptors (Lipinski definition) is 2. The summed E-state index contributed by atoms with van der Waals surface area (Å²) in [6.45, 7) is 4.37. The molecule has 2 nitrogen and oxygen atoms in total. The molecule has 4 unspecified atom stereocenters. The Morgan fingerprint density at radius 3 is 2.45 bits per heavy atom. The molecule has 2 saturated carbocycles. The molecule has 0 aromatic carbocycles. The molecular formula is C16H28F2N2. The van der Waals surface area contributed by atoms with Crippen LogP contribution in [0.25, 0.3) is 0 Å². The minimum atomic E-state index is -2.23. The van der Waals surface area contributed by atoms with Crippen LogP contribution in [0.5, 0.6) is 0 Å². The zero-order valence-electron chi connectivity index (χ0n) is 12.5. The highest BCUT2D eigenvalue weighted by molar-refractivity contribution is 4.94. The lowest BCUT2D eigenvalue weighted by Crippen LogP contribution is -2.57. The van der Waals surface area contributed by atoms with Gasteiger partial charge in [0.2, 0.25) is 0 Å². The second-order valence-corrected chi connectivity index (χ2v) is 7.35. The molecule has 1 aliphatic heterocycles. The maximum atomic E-state index is 12.4. The summed E-state index contributed by atoms with van der Waals surface area (Å²) in [5, 5.41) is 3.10. The van der Waals surface area contributed by atoms with Crippen LogP contribution in [0, 0.1) is 17.8 Å². The first-order chi connectivity index (χ1) is 9.61. The quantitative estimate of drug-likeness (QED) is 0.807. The third-order valence-corrected chi connectivity index (χ3v) is 5.53. The van der Waals surface area contributed by atoms with Gasteiger partial charge in [-0.15, -0.1) is 0 Å². The molecule has 4 atom stereocenters. The fraction of sp³-hybridized carbons (Fsp3) is 1.00. The van der Waals surface area contributed by atoms with Gasteiger partial charge in [-0.3, -0.25) is 4.90 Å². The van der Waals surface area contributed by atoms with Crippen molar-refractivity contribution < 1.29 is 8.78 Å². The van der Waals surface area contributed by atoms with Crippen molar-refractivity contribution in [2.75, 3.05) is 19.6 Å². The number of hydrogen-bond donors (Lipinski definition) is 1. The zero-order valence-corrected chi connectivity index (χ0v) is 12.5. The van der Waals surface area contributed by atoms with Crippen LogP contribution in [0.1, 0.15) is 45.4 Å². The van der Waals surface area contributed by atoms with Gasteiger partial charge < -0.3 is 5.32 Å². The highest BCUT2D eigenvalue weighted by atomic mass is 19.3. The van der Waals surface area contributed by atoms with E-state index in [1.54, 1.807) is 0 Å². The summed E-state index contributed by atoms with van der Waals surface area (Å²) in [5.74, 6) is 2.46. The Kier molecular flexibility index (Phi) is 4.61. The molecule has 4 heteroatoms. The van der Waals surface area contributed by atoms with E-state index in [0.29, 0.717) is 6.04 Å². The van der Waals surface area contributed by atoms with E-state index in [1.807, 2.05) is 0 Å². The smallest absolute Gasteiger partial charge is 0.250 e. The predicted octanol–water partition coefficient (Wildman–Crippen LogP) is 3.13. The van der Waals surface area contributed by atoms with E-state index in [1.165, 1.54) is 38.6 Å². The van der Waals surface area contributed by atoms with E-state index in [9.17, 15) is 8.78 Å². The first-order valence-electron chi connectivity index (χ1n) is 8.37. The average Bonchev–Trinajstić information content (AvgIpc) is 3.18. The summed E-state index contributed by atoms with van der Waals surface area (Å²) < 4.78 is 24.9. The molecule has 0 aromatic heterocycles. The fourth-order valence-corrected chi connectivity index (χ4v) is 4.10. The van der Waals surface area contributed by atoms with Gasteiger partial charge in [0.15, 0.2) is 0 Å². The number of nitrogens with one attached hydrogen (secondary N) is 1. The van der Waals surface area contributed by atoms with Gasteiger partial charge in [-0.2, -0.15) is 0 Å². The third kappa shape index (κ3) is 3.70. The molecule has 0 bridgehead atoms. The second kappa shape index (κ2) is 6.27.